The smallest absolute Gasteiger partial charge is 0.205 e. The molecule has 4 nitrogen and oxygen atoms in total. The molecule has 0 heterocycles. The van der Waals surface area contributed by atoms with Crippen LogP contribution >= 0.6 is 23.5 Å². The van der Waals surface area contributed by atoms with Gasteiger partial charge in [0.1, 0.15) is 23.0 Å². The van der Waals surface area contributed by atoms with Crippen molar-refractivity contribution in [2.45, 2.75) is 47.3 Å². The Bertz CT molecular complexity index is 3910. The normalized spacial score (nSPS) is 10.8. The molecule has 0 aliphatic heterocycles. The van der Waals surface area contributed by atoms with Gasteiger partial charge in [-0.1, -0.05) is 149 Å². The molecule has 0 amide bonds. The minimum atomic E-state index is -2.41. The van der Waals surface area contributed by atoms with Gasteiger partial charge in [-0.05, 0) is 59.2 Å². The van der Waals surface area contributed by atoms with Crippen molar-refractivity contribution < 1.29 is 89.2 Å². The maximum absolute atomic E-state index is 16.1. The zero-order valence-corrected chi connectivity index (χ0v) is 45.0. The molecule has 9 rings (SSSR count). The topological polar surface area (TPSA) is 36.9 Å². The highest BCUT2D eigenvalue weighted by Crippen LogP contribution is 2.50. The Morgan fingerprint density at radius 3 is 0.964 bits per heavy atom. The molecule has 0 aliphatic rings. The van der Waals surface area contributed by atoms with Gasteiger partial charge in [-0.2, -0.15) is 35.1 Å². The highest BCUT2D eigenvalue weighted by molar-refractivity contribution is 7.99. The van der Waals surface area contributed by atoms with E-state index in [-0.39, 0.29) is 22.4 Å². The van der Waals surface area contributed by atoms with Crippen molar-refractivity contribution in [1.82, 2.24) is 0 Å². The summed E-state index contributed by atoms with van der Waals surface area (Å²) in [5, 5.41) is 0. The van der Waals surface area contributed by atoms with Crippen molar-refractivity contribution in [2.24, 2.45) is 0 Å². The first-order valence-electron chi connectivity index (χ1n) is 24.3. The summed E-state index contributed by atoms with van der Waals surface area (Å²) in [6, 6.07) is 25.3. The molecule has 0 saturated heterocycles. The number of ether oxygens (including phenoxy) is 4. The van der Waals surface area contributed by atoms with Crippen LogP contribution in [0.3, 0.4) is 0 Å². The summed E-state index contributed by atoms with van der Waals surface area (Å²) in [5.74, 6) is -44.3. The largest absolute Gasteiger partial charge is 0.451 e. The Kier molecular flexibility index (Phi) is 20.1. The second-order valence-electron chi connectivity index (χ2n) is 16.3. The third kappa shape index (κ3) is 12.4. The molecule has 0 radical (unpaired) electrons. The van der Waals surface area contributed by atoms with Gasteiger partial charge in [0.05, 0.1) is 19.6 Å². The number of halogens is 16. The Labute approximate surface area is 476 Å². The minimum Gasteiger partial charge on any atom is -0.451 e. The molecule has 0 aromatic heterocycles. The Hall–Kier alpha value is -8.94. The summed E-state index contributed by atoms with van der Waals surface area (Å²) in [6.07, 6.45) is 6.59. The molecule has 0 saturated carbocycles. The maximum atomic E-state index is 16.1. The van der Waals surface area contributed by atoms with E-state index in [2.05, 4.69) is 12.5 Å². The van der Waals surface area contributed by atoms with Crippen LogP contribution in [0.2, 0.25) is 0 Å². The summed E-state index contributed by atoms with van der Waals surface area (Å²) < 4.78 is 272. The van der Waals surface area contributed by atoms with E-state index in [1.807, 2.05) is 27.7 Å². The maximum Gasteiger partial charge on any atom is 0.205 e. The number of benzene rings is 9. The molecule has 22 heteroatoms. The first-order chi connectivity index (χ1) is 40.2. The first kappa shape index (κ1) is 62.7. The van der Waals surface area contributed by atoms with Gasteiger partial charge in [0.25, 0.3) is 0 Å². The van der Waals surface area contributed by atoms with Crippen molar-refractivity contribution >= 4 is 29.6 Å². The molecule has 432 valence electrons. The monoisotopic (exact) mass is 1210 g/mol. The number of hydrogen-bond donors (Lipinski definition) is 0. The molecule has 9 aromatic rings. The lowest BCUT2D eigenvalue weighted by molar-refractivity contribution is 0.348. The molecule has 0 fully saturated rings. The average Bonchev–Trinajstić information content (AvgIpc) is 1.61. The van der Waals surface area contributed by atoms with Gasteiger partial charge in [-0.25, -0.2) is 35.1 Å². The lowest BCUT2D eigenvalue weighted by atomic mass is 9.97. The fourth-order valence-electron chi connectivity index (χ4n) is 7.51. The molecule has 84 heavy (non-hydrogen) atoms. The van der Waals surface area contributed by atoms with E-state index in [1.54, 1.807) is 0 Å². The average molecular weight is 1210 g/mol. The van der Waals surface area contributed by atoms with Crippen LogP contribution in [0.4, 0.5) is 70.2 Å². The van der Waals surface area contributed by atoms with Crippen molar-refractivity contribution in [3.05, 3.63) is 232 Å². The van der Waals surface area contributed by atoms with Crippen molar-refractivity contribution in [1.29, 1.82) is 0 Å². The van der Waals surface area contributed by atoms with Crippen molar-refractivity contribution in [2.75, 3.05) is 0 Å². The molecular formula is C62H36F16O4S2. The van der Waals surface area contributed by atoms with Crippen LogP contribution in [0.15, 0.2) is 147 Å². The van der Waals surface area contributed by atoms with Crippen molar-refractivity contribution in [3.63, 3.8) is 0 Å². The second kappa shape index (κ2) is 27.0. The lowest BCUT2D eigenvalue weighted by Crippen LogP contribution is -2.07. The van der Waals surface area contributed by atoms with Crippen LogP contribution in [0, 0.1) is 105 Å². The Morgan fingerprint density at radius 1 is 0.357 bits per heavy atom. The SMILES string of the molecule is C#Cc1cccc(Oc2c(F)c(F)c(Sc3c(F)c(F)c(Oc4cc(-c5ccccc5)c(Oc5c(F)c(F)c(Sc6c(F)c(F)c(Oc7cccc(C=C)c7)c(F)c6F)c(F)c5F)cc4-c4ccccc4)c(F)c3F)c(F)c2F)c1.CC.CC. The van der Waals surface area contributed by atoms with Gasteiger partial charge >= 0.3 is 0 Å². The van der Waals surface area contributed by atoms with Crippen molar-refractivity contribution in [3.8, 4) is 80.6 Å². The second-order valence-corrected chi connectivity index (χ2v) is 18.3. The van der Waals surface area contributed by atoms with Crippen LogP contribution in [0.5, 0.6) is 46.0 Å². The number of hydrogen-bond acceptors (Lipinski definition) is 6. The van der Waals surface area contributed by atoms with Gasteiger partial charge in [0, 0.05) is 16.7 Å². The molecular weight excluding hydrogens is 1180 g/mol. The number of terminal acetylenes is 1. The predicted molar refractivity (Wildman–Crippen MR) is 285 cm³/mol. The highest BCUT2D eigenvalue weighted by atomic mass is 32.2. The summed E-state index contributed by atoms with van der Waals surface area (Å²) >= 11 is -1.59. The third-order valence-corrected chi connectivity index (χ3v) is 13.6. The third-order valence-electron chi connectivity index (χ3n) is 11.3. The van der Waals surface area contributed by atoms with Crippen LogP contribution in [0.1, 0.15) is 38.8 Å². The molecule has 0 atom stereocenters. The Balaban J connectivity index is 0.00000248. The quantitative estimate of drug-likeness (QED) is 0.0578. The summed E-state index contributed by atoms with van der Waals surface area (Å²) in [4.78, 5) is -7.35. The van der Waals surface area contributed by atoms with Crippen LogP contribution in [-0.4, -0.2) is 0 Å². The fraction of sp³-hybridized carbons (Fsp3) is 0.0645. The molecule has 9 aromatic carbocycles. The van der Waals surface area contributed by atoms with E-state index >= 15 is 70.2 Å². The fourth-order valence-corrected chi connectivity index (χ4v) is 9.35. The molecule has 0 unspecified atom stereocenters. The van der Waals surface area contributed by atoms with Gasteiger partial charge < -0.3 is 18.9 Å². The van der Waals surface area contributed by atoms with Gasteiger partial charge in [-0.15, -0.1) is 6.42 Å². The molecule has 0 aliphatic carbocycles. The lowest BCUT2D eigenvalue weighted by Gasteiger charge is -2.20. The van der Waals surface area contributed by atoms with E-state index in [0.717, 1.165) is 30.3 Å². The molecule has 0 bridgehead atoms. The van der Waals surface area contributed by atoms with Crippen LogP contribution in [0.25, 0.3) is 28.3 Å². The first-order valence-corrected chi connectivity index (χ1v) is 26.0. The Morgan fingerprint density at radius 2 is 0.655 bits per heavy atom. The van der Waals surface area contributed by atoms with Gasteiger partial charge in [-0.3, -0.25) is 0 Å². The zero-order valence-electron chi connectivity index (χ0n) is 43.4. The van der Waals surface area contributed by atoms with Crippen LogP contribution < -0.4 is 18.9 Å². The zero-order chi connectivity index (χ0) is 61.4. The number of rotatable bonds is 15. The highest BCUT2D eigenvalue weighted by Gasteiger charge is 2.36. The summed E-state index contributed by atoms with van der Waals surface area (Å²) in [5.41, 5.74) is -0.389. The standard InChI is InChI=1S/C58H24F16O4S2.2C2H6/c1-3-25-13-11-19-29(21-25)75-51-35(59)43(67)55(44(68)36(51)60)79-57-47(71)39(63)53(40(64)48(57)72)77-33-23-32(28-17-9-6-10-18-28)34(24-31(33)27-15-7-5-8-16-27)78-54-41(65)49(73)58(50(74)42(54)66)80-56-45(69)37(61)52(38(62)46(56)70)76-30-20-12-14-26(4-2)22-30;2*1-2/h1,4-24H,2H2;2*1-2H3. The predicted octanol–water partition coefficient (Wildman–Crippen LogP) is 21.4. The van der Waals surface area contributed by atoms with Gasteiger partial charge in [0.2, 0.25) is 69.5 Å². The van der Waals surface area contributed by atoms with E-state index in [9.17, 15) is 0 Å². The van der Waals surface area contributed by atoms with Crippen LogP contribution in [-0.2, 0) is 0 Å². The van der Waals surface area contributed by atoms with E-state index in [4.69, 9.17) is 25.4 Å². The molecule has 0 spiro atoms. The van der Waals surface area contributed by atoms with E-state index in [0.29, 0.717) is 5.56 Å². The molecule has 0 N–H and O–H groups in total. The van der Waals surface area contributed by atoms with Gasteiger partial charge in [0.15, 0.2) is 46.5 Å². The van der Waals surface area contributed by atoms with E-state index in [1.165, 1.54) is 97.1 Å². The summed E-state index contributed by atoms with van der Waals surface area (Å²) in [6.45, 7) is 11.5. The minimum absolute atomic E-state index is 0.0252. The summed E-state index contributed by atoms with van der Waals surface area (Å²) in [7, 11) is 0. The van der Waals surface area contributed by atoms with E-state index < -0.39 is 188 Å².